The molecule has 0 radical (unpaired) electrons. The molecule has 1 fully saturated rings. The fraction of sp³-hybridized carbons (Fsp3) is 0.579. The van der Waals surface area contributed by atoms with E-state index in [4.69, 9.17) is 9.47 Å². The van der Waals surface area contributed by atoms with E-state index >= 15 is 0 Å². The van der Waals surface area contributed by atoms with Crippen LogP contribution in [0.1, 0.15) is 38.7 Å². The minimum atomic E-state index is -0.745. The number of benzene rings is 1. The molecule has 1 aliphatic rings. The molecule has 1 N–H and O–H groups in total. The van der Waals surface area contributed by atoms with Gasteiger partial charge in [-0.15, -0.1) is 0 Å². The van der Waals surface area contributed by atoms with Crippen LogP contribution in [0.15, 0.2) is 30.3 Å². The Kier molecular flexibility index (Phi) is 7.25. The largest absolute Gasteiger partial charge is 0.466 e. The highest BCUT2D eigenvalue weighted by Gasteiger charge is 2.44. The number of aliphatic hydroxyl groups is 1. The van der Waals surface area contributed by atoms with Gasteiger partial charge in [-0.1, -0.05) is 43.7 Å². The molecule has 1 aromatic rings. The minimum Gasteiger partial charge on any atom is -0.466 e. The molecule has 1 amide bonds. The summed E-state index contributed by atoms with van der Waals surface area (Å²) in [6.07, 6.45) is 0.508. The SMILES string of the molecule is CCC[C@H](C(=O)OCC)[C@@H]1[C@@H](O)CCN1C(=O)OCc1ccccc1. The molecule has 3 atom stereocenters. The number of esters is 1. The van der Waals surface area contributed by atoms with Crippen molar-refractivity contribution in [3.63, 3.8) is 0 Å². The Morgan fingerprint density at radius 1 is 1.24 bits per heavy atom. The molecule has 0 spiro atoms. The Balaban J connectivity index is 2.06. The maximum absolute atomic E-state index is 12.5. The van der Waals surface area contributed by atoms with Crippen molar-refractivity contribution in [1.29, 1.82) is 0 Å². The van der Waals surface area contributed by atoms with E-state index < -0.39 is 24.2 Å². The molecule has 1 saturated heterocycles. The molecule has 6 nitrogen and oxygen atoms in total. The zero-order valence-corrected chi connectivity index (χ0v) is 14.9. The van der Waals surface area contributed by atoms with E-state index in [1.54, 1.807) is 6.92 Å². The van der Waals surface area contributed by atoms with Crippen molar-refractivity contribution in [1.82, 2.24) is 4.90 Å². The van der Waals surface area contributed by atoms with Crippen molar-refractivity contribution in [2.75, 3.05) is 13.2 Å². The van der Waals surface area contributed by atoms with Gasteiger partial charge in [-0.3, -0.25) is 4.79 Å². The molecular weight excluding hydrogens is 322 g/mol. The smallest absolute Gasteiger partial charge is 0.410 e. The molecular formula is C19H27NO5. The van der Waals surface area contributed by atoms with Crippen LogP contribution in [0.25, 0.3) is 0 Å². The average molecular weight is 349 g/mol. The minimum absolute atomic E-state index is 0.164. The second kappa shape index (κ2) is 9.42. The van der Waals surface area contributed by atoms with Gasteiger partial charge in [-0.25, -0.2) is 4.79 Å². The zero-order valence-electron chi connectivity index (χ0n) is 14.9. The maximum Gasteiger partial charge on any atom is 0.410 e. The van der Waals surface area contributed by atoms with Crippen molar-refractivity contribution in [3.05, 3.63) is 35.9 Å². The molecule has 25 heavy (non-hydrogen) atoms. The van der Waals surface area contributed by atoms with Crippen molar-refractivity contribution in [3.8, 4) is 0 Å². The lowest BCUT2D eigenvalue weighted by Gasteiger charge is -2.31. The number of rotatable bonds is 7. The van der Waals surface area contributed by atoms with Crippen LogP contribution >= 0.6 is 0 Å². The molecule has 1 aliphatic heterocycles. The summed E-state index contributed by atoms with van der Waals surface area (Å²) in [5.41, 5.74) is 0.891. The summed E-state index contributed by atoms with van der Waals surface area (Å²) in [6.45, 7) is 4.53. The Morgan fingerprint density at radius 2 is 1.96 bits per heavy atom. The van der Waals surface area contributed by atoms with E-state index in [1.165, 1.54) is 4.90 Å². The number of carbonyl (C=O) groups is 2. The molecule has 0 bridgehead atoms. The van der Waals surface area contributed by atoms with Crippen molar-refractivity contribution in [2.24, 2.45) is 5.92 Å². The molecule has 138 valence electrons. The fourth-order valence-corrected chi connectivity index (χ4v) is 3.29. The topological polar surface area (TPSA) is 76.1 Å². The van der Waals surface area contributed by atoms with E-state index in [9.17, 15) is 14.7 Å². The van der Waals surface area contributed by atoms with Gasteiger partial charge in [-0.2, -0.15) is 0 Å². The number of amides is 1. The number of likely N-dealkylation sites (tertiary alicyclic amines) is 1. The summed E-state index contributed by atoms with van der Waals surface area (Å²) in [4.78, 5) is 26.3. The molecule has 0 unspecified atom stereocenters. The quantitative estimate of drug-likeness (QED) is 0.766. The predicted molar refractivity (Wildman–Crippen MR) is 92.8 cm³/mol. The third kappa shape index (κ3) is 4.95. The molecule has 6 heteroatoms. The Bertz CT molecular complexity index is 562. The highest BCUT2D eigenvalue weighted by atomic mass is 16.6. The summed E-state index contributed by atoms with van der Waals surface area (Å²) in [6, 6.07) is 8.81. The first kappa shape index (κ1) is 19.2. The predicted octanol–water partition coefficient (Wildman–Crippen LogP) is 2.74. The highest BCUT2D eigenvalue weighted by molar-refractivity contribution is 5.76. The number of ether oxygens (including phenoxy) is 2. The van der Waals surface area contributed by atoms with Gasteiger partial charge in [0.2, 0.25) is 0 Å². The molecule has 1 aromatic carbocycles. The van der Waals surface area contributed by atoms with E-state index in [1.807, 2.05) is 37.3 Å². The third-order valence-corrected chi connectivity index (χ3v) is 4.46. The van der Waals surface area contributed by atoms with Gasteiger partial charge in [0.25, 0.3) is 0 Å². The summed E-state index contributed by atoms with van der Waals surface area (Å²) >= 11 is 0. The molecule has 0 saturated carbocycles. The first-order chi connectivity index (χ1) is 12.1. The Morgan fingerprint density at radius 3 is 2.60 bits per heavy atom. The van der Waals surface area contributed by atoms with Crippen LogP contribution in [-0.2, 0) is 20.9 Å². The average Bonchev–Trinajstić information content (AvgIpc) is 3.00. The number of hydrogen-bond donors (Lipinski definition) is 1. The first-order valence-electron chi connectivity index (χ1n) is 8.90. The van der Waals surface area contributed by atoms with Gasteiger partial charge in [-0.05, 0) is 25.3 Å². The van der Waals surface area contributed by atoms with Crippen molar-refractivity contribution >= 4 is 12.1 Å². The van der Waals surface area contributed by atoms with E-state index in [-0.39, 0.29) is 19.2 Å². The Hall–Kier alpha value is -2.08. The standard InChI is InChI=1S/C19H27NO5/c1-3-8-15(18(22)24-4-2)17-16(21)11-12-20(17)19(23)25-13-14-9-6-5-7-10-14/h5-7,9-10,15-17,21H,3-4,8,11-13H2,1-2H3/t15-,16-,17+/m0/s1. The van der Waals surface area contributed by atoms with Crippen molar-refractivity contribution < 1.29 is 24.2 Å². The summed E-state index contributed by atoms with van der Waals surface area (Å²) in [5.74, 6) is -0.900. The van der Waals surface area contributed by atoms with E-state index in [0.717, 1.165) is 12.0 Å². The Labute approximate surface area is 148 Å². The van der Waals surface area contributed by atoms with Crippen molar-refractivity contribution in [2.45, 2.75) is 51.9 Å². The lowest BCUT2D eigenvalue weighted by atomic mass is 9.91. The molecule has 0 aliphatic carbocycles. The van der Waals surface area contributed by atoms with Crippen LogP contribution in [0.5, 0.6) is 0 Å². The second-order valence-electron chi connectivity index (χ2n) is 6.23. The van der Waals surface area contributed by atoms with Gasteiger partial charge < -0.3 is 19.5 Å². The molecule has 1 heterocycles. The fourth-order valence-electron chi connectivity index (χ4n) is 3.29. The lowest BCUT2D eigenvalue weighted by molar-refractivity contribution is -0.151. The number of carbonyl (C=O) groups excluding carboxylic acids is 2. The van der Waals surface area contributed by atoms with Crippen LogP contribution in [-0.4, -0.2) is 47.4 Å². The lowest BCUT2D eigenvalue weighted by Crippen LogP contribution is -2.47. The van der Waals surface area contributed by atoms with Crippen LogP contribution in [0.4, 0.5) is 4.79 Å². The van der Waals surface area contributed by atoms with Crippen LogP contribution < -0.4 is 0 Å². The van der Waals surface area contributed by atoms with Gasteiger partial charge in [0.15, 0.2) is 0 Å². The molecule has 2 rings (SSSR count). The van der Waals surface area contributed by atoms with Gasteiger partial charge in [0.1, 0.15) is 6.61 Å². The maximum atomic E-state index is 12.5. The zero-order chi connectivity index (χ0) is 18.2. The number of nitrogens with zero attached hydrogens (tertiary/aromatic N) is 1. The van der Waals surface area contributed by atoms with Crippen LogP contribution in [0.2, 0.25) is 0 Å². The number of hydrogen-bond acceptors (Lipinski definition) is 5. The number of aliphatic hydroxyl groups excluding tert-OH is 1. The van der Waals surface area contributed by atoms with E-state index in [0.29, 0.717) is 19.4 Å². The second-order valence-corrected chi connectivity index (χ2v) is 6.23. The first-order valence-corrected chi connectivity index (χ1v) is 8.90. The van der Waals surface area contributed by atoms with Gasteiger partial charge in [0.05, 0.1) is 24.7 Å². The highest BCUT2D eigenvalue weighted by Crippen LogP contribution is 2.29. The summed E-state index contributed by atoms with van der Waals surface area (Å²) < 4.78 is 10.5. The summed E-state index contributed by atoms with van der Waals surface area (Å²) in [5, 5.41) is 10.4. The monoisotopic (exact) mass is 349 g/mol. The van der Waals surface area contributed by atoms with Gasteiger partial charge in [0, 0.05) is 6.54 Å². The third-order valence-electron chi connectivity index (χ3n) is 4.46. The normalized spacial score (nSPS) is 21.0. The van der Waals surface area contributed by atoms with Gasteiger partial charge >= 0.3 is 12.1 Å². The summed E-state index contributed by atoms with van der Waals surface area (Å²) in [7, 11) is 0. The molecule has 0 aromatic heterocycles. The van der Waals surface area contributed by atoms with E-state index in [2.05, 4.69) is 0 Å². The van der Waals surface area contributed by atoms with Crippen LogP contribution in [0, 0.1) is 5.92 Å². The van der Waals surface area contributed by atoms with Crippen LogP contribution in [0.3, 0.4) is 0 Å².